The summed E-state index contributed by atoms with van der Waals surface area (Å²) < 4.78 is 28.8. The number of nitrogens with one attached hydrogen (secondary N) is 2. The Kier molecular flexibility index (Phi) is 4.77. The quantitative estimate of drug-likeness (QED) is 0.879. The molecule has 0 radical (unpaired) electrons. The third-order valence-electron chi connectivity index (χ3n) is 4.06. The molecule has 1 saturated heterocycles. The van der Waals surface area contributed by atoms with E-state index >= 15 is 0 Å². The van der Waals surface area contributed by atoms with Gasteiger partial charge in [0.15, 0.2) is 0 Å². The summed E-state index contributed by atoms with van der Waals surface area (Å²) in [6, 6.07) is 6.06. The topological polar surface area (TPSA) is 50.4 Å². The Morgan fingerprint density at radius 3 is 2.76 bits per heavy atom. The summed E-state index contributed by atoms with van der Waals surface area (Å²) in [6.07, 6.45) is 0.768. The fourth-order valence-corrected chi connectivity index (χ4v) is 2.67. The number of carbonyl (C=O) groups is 1. The lowest BCUT2D eigenvalue weighted by molar-refractivity contribution is -0.126. The Labute approximate surface area is 122 Å². The second-order valence-electron chi connectivity index (χ2n) is 5.60. The Hall–Kier alpha value is -1.69. The molecule has 6 heteroatoms. The van der Waals surface area contributed by atoms with Crippen molar-refractivity contribution in [3.05, 3.63) is 24.3 Å². The number of alkyl halides is 2. The van der Waals surface area contributed by atoms with Crippen LogP contribution in [0.1, 0.15) is 20.3 Å². The third kappa shape index (κ3) is 3.50. The van der Waals surface area contributed by atoms with Crippen molar-refractivity contribution in [2.75, 3.05) is 18.4 Å². The molecule has 1 aliphatic heterocycles. The molecule has 1 aliphatic rings. The molecular formula is C15H20F2N2O2. The van der Waals surface area contributed by atoms with Crippen molar-refractivity contribution in [1.29, 1.82) is 0 Å². The van der Waals surface area contributed by atoms with Gasteiger partial charge in [0.1, 0.15) is 5.75 Å². The van der Waals surface area contributed by atoms with Crippen LogP contribution in [0.15, 0.2) is 24.3 Å². The van der Waals surface area contributed by atoms with Crippen LogP contribution >= 0.6 is 0 Å². The highest BCUT2D eigenvalue weighted by Crippen LogP contribution is 2.35. The average molecular weight is 298 g/mol. The molecule has 1 unspecified atom stereocenters. The third-order valence-corrected chi connectivity index (χ3v) is 4.06. The number of benzene rings is 1. The lowest BCUT2D eigenvalue weighted by Crippen LogP contribution is -2.42. The normalized spacial score (nSPS) is 21.8. The molecule has 2 rings (SSSR count). The SMILES string of the molecule is CC(C)C1(C(=O)Nc2cccc(OC(F)F)c2)CCNC1. The summed E-state index contributed by atoms with van der Waals surface area (Å²) in [7, 11) is 0. The van der Waals surface area contributed by atoms with Crippen molar-refractivity contribution in [3.8, 4) is 5.75 Å². The van der Waals surface area contributed by atoms with Crippen LogP contribution in [0.2, 0.25) is 0 Å². The predicted molar refractivity (Wildman–Crippen MR) is 76.5 cm³/mol. The first-order chi connectivity index (χ1) is 9.94. The maximum atomic E-state index is 12.6. The lowest BCUT2D eigenvalue weighted by atomic mass is 9.75. The highest BCUT2D eigenvalue weighted by Gasteiger charge is 2.43. The van der Waals surface area contributed by atoms with E-state index in [0.29, 0.717) is 12.2 Å². The van der Waals surface area contributed by atoms with E-state index in [2.05, 4.69) is 15.4 Å². The first-order valence-electron chi connectivity index (χ1n) is 7.01. The molecular weight excluding hydrogens is 278 g/mol. The number of carbonyl (C=O) groups excluding carboxylic acids is 1. The Balaban J connectivity index is 2.12. The van der Waals surface area contributed by atoms with Gasteiger partial charge in [-0.2, -0.15) is 8.78 Å². The fraction of sp³-hybridized carbons (Fsp3) is 0.533. The first-order valence-corrected chi connectivity index (χ1v) is 7.01. The highest BCUT2D eigenvalue weighted by molar-refractivity contribution is 5.96. The fourth-order valence-electron chi connectivity index (χ4n) is 2.67. The summed E-state index contributed by atoms with van der Waals surface area (Å²) in [5, 5.41) is 6.03. The number of rotatable bonds is 5. The predicted octanol–water partition coefficient (Wildman–Crippen LogP) is 2.86. The van der Waals surface area contributed by atoms with Crippen LogP contribution in [-0.2, 0) is 4.79 Å². The standard InChI is InChI=1S/C15H20F2N2O2/c1-10(2)15(6-7-18-9-15)13(20)19-11-4-3-5-12(8-11)21-14(16)17/h3-5,8,10,14,18H,6-7,9H2,1-2H3,(H,19,20). The number of hydrogen-bond acceptors (Lipinski definition) is 3. The number of amides is 1. The van der Waals surface area contributed by atoms with Crippen LogP contribution in [0.4, 0.5) is 14.5 Å². The van der Waals surface area contributed by atoms with Crippen LogP contribution in [0, 0.1) is 11.3 Å². The molecule has 4 nitrogen and oxygen atoms in total. The molecule has 21 heavy (non-hydrogen) atoms. The molecule has 116 valence electrons. The minimum atomic E-state index is -2.88. The summed E-state index contributed by atoms with van der Waals surface area (Å²) >= 11 is 0. The first kappa shape index (κ1) is 15.7. The summed E-state index contributed by atoms with van der Waals surface area (Å²) in [5.41, 5.74) is 0.00428. The summed E-state index contributed by atoms with van der Waals surface area (Å²) in [5.74, 6) is 0.135. The van der Waals surface area contributed by atoms with Crippen LogP contribution in [0.5, 0.6) is 5.75 Å². The monoisotopic (exact) mass is 298 g/mol. The summed E-state index contributed by atoms with van der Waals surface area (Å²) in [6.45, 7) is 2.59. The summed E-state index contributed by atoms with van der Waals surface area (Å²) in [4.78, 5) is 12.6. The molecule has 1 fully saturated rings. The Morgan fingerprint density at radius 1 is 1.43 bits per heavy atom. The second-order valence-corrected chi connectivity index (χ2v) is 5.60. The van der Waals surface area contributed by atoms with Crippen molar-refractivity contribution >= 4 is 11.6 Å². The van der Waals surface area contributed by atoms with E-state index in [1.165, 1.54) is 12.1 Å². The molecule has 0 aromatic heterocycles. The van der Waals surface area contributed by atoms with Gasteiger partial charge in [-0.15, -0.1) is 0 Å². The molecule has 1 heterocycles. The minimum Gasteiger partial charge on any atom is -0.435 e. The van der Waals surface area contributed by atoms with Crippen molar-refractivity contribution in [1.82, 2.24) is 5.32 Å². The van der Waals surface area contributed by atoms with Gasteiger partial charge in [-0.1, -0.05) is 19.9 Å². The van der Waals surface area contributed by atoms with Gasteiger partial charge in [-0.05, 0) is 31.0 Å². The van der Waals surface area contributed by atoms with E-state index in [4.69, 9.17) is 0 Å². The van der Waals surface area contributed by atoms with E-state index in [1.54, 1.807) is 12.1 Å². The van der Waals surface area contributed by atoms with Crippen LogP contribution in [0.3, 0.4) is 0 Å². The number of ether oxygens (including phenoxy) is 1. The number of hydrogen-bond donors (Lipinski definition) is 2. The van der Waals surface area contributed by atoms with Crippen molar-refractivity contribution in [2.24, 2.45) is 11.3 Å². The molecule has 0 aliphatic carbocycles. The zero-order chi connectivity index (χ0) is 15.5. The van der Waals surface area contributed by atoms with E-state index in [1.807, 2.05) is 13.8 Å². The second kappa shape index (κ2) is 6.39. The van der Waals surface area contributed by atoms with Gasteiger partial charge in [0, 0.05) is 18.3 Å². The van der Waals surface area contributed by atoms with Crippen LogP contribution in [-0.4, -0.2) is 25.6 Å². The Bertz CT molecular complexity index is 500. The molecule has 0 spiro atoms. The molecule has 1 aromatic rings. The van der Waals surface area contributed by atoms with Gasteiger partial charge in [-0.3, -0.25) is 4.79 Å². The van der Waals surface area contributed by atoms with Gasteiger partial charge in [0.25, 0.3) is 0 Å². The van der Waals surface area contributed by atoms with Gasteiger partial charge < -0.3 is 15.4 Å². The van der Waals surface area contributed by atoms with E-state index < -0.39 is 12.0 Å². The van der Waals surface area contributed by atoms with Crippen molar-refractivity contribution < 1.29 is 18.3 Å². The molecule has 2 N–H and O–H groups in total. The Morgan fingerprint density at radius 2 is 2.19 bits per heavy atom. The maximum Gasteiger partial charge on any atom is 0.387 e. The van der Waals surface area contributed by atoms with Gasteiger partial charge >= 0.3 is 6.61 Å². The van der Waals surface area contributed by atoms with Crippen LogP contribution in [0.25, 0.3) is 0 Å². The maximum absolute atomic E-state index is 12.6. The molecule has 1 atom stereocenters. The number of halogens is 2. The van der Waals surface area contributed by atoms with Crippen molar-refractivity contribution in [3.63, 3.8) is 0 Å². The van der Waals surface area contributed by atoms with E-state index in [9.17, 15) is 13.6 Å². The largest absolute Gasteiger partial charge is 0.435 e. The number of anilines is 1. The molecule has 0 saturated carbocycles. The van der Waals surface area contributed by atoms with E-state index in [-0.39, 0.29) is 17.6 Å². The van der Waals surface area contributed by atoms with E-state index in [0.717, 1.165) is 13.0 Å². The van der Waals surface area contributed by atoms with Gasteiger partial charge in [-0.25, -0.2) is 0 Å². The lowest BCUT2D eigenvalue weighted by Gasteiger charge is -2.31. The van der Waals surface area contributed by atoms with Gasteiger partial charge in [0.05, 0.1) is 5.41 Å². The molecule has 1 aromatic carbocycles. The average Bonchev–Trinajstić information content (AvgIpc) is 2.88. The zero-order valence-corrected chi connectivity index (χ0v) is 12.2. The van der Waals surface area contributed by atoms with Gasteiger partial charge in [0.2, 0.25) is 5.91 Å². The molecule has 0 bridgehead atoms. The van der Waals surface area contributed by atoms with Crippen LogP contribution < -0.4 is 15.4 Å². The minimum absolute atomic E-state index is 0.0333. The smallest absolute Gasteiger partial charge is 0.387 e. The highest BCUT2D eigenvalue weighted by atomic mass is 19.3. The van der Waals surface area contributed by atoms with Crippen molar-refractivity contribution in [2.45, 2.75) is 26.9 Å². The zero-order valence-electron chi connectivity index (χ0n) is 12.2. The molecule has 1 amide bonds.